The molecule has 5 rings (SSSR count). The Morgan fingerprint density at radius 2 is 1.85 bits per heavy atom. The first kappa shape index (κ1) is 35.7. The molecule has 2 aliphatic rings. The second-order valence-corrected chi connectivity index (χ2v) is 18.6. The summed E-state index contributed by atoms with van der Waals surface area (Å²) in [5.74, 6) is -0.313. The van der Waals surface area contributed by atoms with Crippen LogP contribution in [-0.2, 0) is 32.3 Å². The standard InChI is InChI=1S/C34H48N4O6S3/c1-22(2)31-28(12-16-47(31,42)43)44-33(41)35-25(17-23-9-7-6-8-10-23)27(39)21-38-14-13-37(20-26(38)32(40)36-34(3,4)5)19-24-18-30-29(46-24)11-15-45-30/h6-11,15,18,22,25-28,31,39H,12-14,16-17,19-21H2,1-5H3,(H,35,41)(H,36,40)/t25-,26-,27+,28+,31+/m0/s1. The normalized spacial score (nSPS) is 23.5. The van der Waals surface area contributed by atoms with E-state index in [0.717, 1.165) is 18.7 Å². The van der Waals surface area contributed by atoms with Gasteiger partial charge in [-0.05, 0) is 62.6 Å². The zero-order chi connectivity index (χ0) is 33.9. The van der Waals surface area contributed by atoms with Gasteiger partial charge in [0.15, 0.2) is 9.84 Å². The number of hydrogen-bond donors (Lipinski definition) is 3. The molecule has 1 aromatic carbocycles. The number of hydrogen-bond acceptors (Lipinski definition) is 10. The number of ether oxygens (including phenoxy) is 1. The minimum absolute atomic E-state index is 0.0152. The van der Waals surface area contributed by atoms with Crippen molar-refractivity contribution in [3.63, 3.8) is 0 Å². The fraction of sp³-hybridized carbons (Fsp3) is 0.588. The van der Waals surface area contributed by atoms with E-state index < -0.39 is 51.0 Å². The van der Waals surface area contributed by atoms with Gasteiger partial charge in [-0.2, -0.15) is 0 Å². The Kier molecular flexibility index (Phi) is 11.3. The number of rotatable bonds is 11. The SMILES string of the molecule is CC(C)[C@@H]1[C@H](OC(=O)N[C@@H](Cc2ccccc2)[C@H](O)CN2CCN(Cc3cc4sccc4s3)C[C@H]2C(=O)NC(C)(C)C)CCS1(=O)=O. The van der Waals surface area contributed by atoms with Gasteiger partial charge in [0, 0.05) is 52.5 Å². The molecule has 13 heteroatoms. The number of fused-ring (bicyclic) bond motifs is 1. The monoisotopic (exact) mass is 704 g/mol. The number of alkyl carbamates (subject to hydrolysis) is 1. The quantitative estimate of drug-likeness (QED) is 0.270. The van der Waals surface area contributed by atoms with E-state index in [2.05, 4.69) is 33.0 Å². The van der Waals surface area contributed by atoms with Crippen molar-refractivity contribution in [2.24, 2.45) is 5.92 Å². The Labute approximate surface area is 286 Å². The molecule has 2 amide bonds. The lowest BCUT2D eigenvalue weighted by molar-refractivity contribution is -0.131. The molecule has 258 valence electrons. The Bertz CT molecular complexity index is 1590. The van der Waals surface area contributed by atoms with Gasteiger partial charge in [-0.25, -0.2) is 13.2 Å². The highest BCUT2D eigenvalue weighted by Crippen LogP contribution is 2.32. The molecule has 0 bridgehead atoms. The number of thiophene rings is 2. The predicted molar refractivity (Wildman–Crippen MR) is 189 cm³/mol. The summed E-state index contributed by atoms with van der Waals surface area (Å²) in [5, 5.41) is 19.0. The Morgan fingerprint density at radius 1 is 1.11 bits per heavy atom. The van der Waals surface area contributed by atoms with Gasteiger partial charge in [0.25, 0.3) is 0 Å². The maximum atomic E-state index is 13.7. The van der Waals surface area contributed by atoms with Gasteiger partial charge in [-0.3, -0.25) is 14.6 Å². The van der Waals surface area contributed by atoms with Crippen molar-refractivity contribution < 1.29 is 27.9 Å². The van der Waals surface area contributed by atoms with Crippen molar-refractivity contribution in [2.75, 3.05) is 31.9 Å². The predicted octanol–water partition coefficient (Wildman–Crippen LogP) is 4.27. The maximum absolute atomic E-state index is 13.7. The van der Waals surface area contributed by atoms with Gasteiger partial charge in [0.2, 0.25) is 5.91 Å². The fourth-order valence-electron chi connectivity index (χ4n) is 6.68. The number of piperazine rings is 1. The summed E-state index contributed by atoms with van der Waals surface area (Å²) in [4.78, 5) is 32.5. The molecule has 2 aliphatic heterocycles. The van der Waals surface area contributed by atoms with Crippen molar-refractivity contribution in [1.29, 1.82) is 0 Å². The molecule has 4 heterocycles. The van der Waals surface area contributed by atoms with Crippen LogP contribution < -0.4 is 10.6 Å². The van der Waals surface area contributed by atoms with E-state index in [-0.39, 0.29) is 30.5 Å². The molecule has 10 nitrogen and oxygen atoms in total. The summed E-state index contributed by atoms with van der Waals surface area (Å²) in [6, 6.07) is 12.7. The summed E-state index contributed by atoms with van der Waals surface area (Å²) in [6.07, 6.45) is -1.94. The molecule has 3 N–H and O–H groups in total. The number of nitrogens with one attached hydrogen (secondary N) is 2. The van der Waals surface area contributed by atoms with E-state index in [1.807, 2.05) is 69.9 Å². The lowest BCUT2D eigenvalue weighted by Crippen LogP contribution is -2.63. The number of β-amino-alcohol motifs (C(OH)–C–C–N with tert-alkyl or cyclic N) is 1. The van der Waals surface area contributed by atoms with Crippen molar-refractivity contribution in [3.05, 3.63) is 58.3 Å². The van der Waals surface area contributed by atoms with Gasteiger partial charge >= 0.3 is 6.09 Å². The topological polar surface area (TPSA) is 128 Å². The van der Waals surface area contributed by atoms with Crippen LogP contribution in [0.25, 0.3) is 9.40 Å². The zero-order valence-corrected chi connectivity index (χ0v) is 30.3. The van der Waals surface area contributed by atoms with E-state index in [9.17, 15) is 23.1 Å². The van der Waals surface area contributed by atoms with Crippen molar-refractivity contribution in [1.82, 2.24) is 20.4 Å². The Hall–Kier alpha value is -2.55. The minimum Gasteiger partial charge on any atom is -0.445 e. The largest absolute Gasteiger partial charge is 0.445 e. The summed E-state index contributed by atoms with van der Waals surface area (Å²) >= 11 is 3.51. The van der Waals surface area contributed by atoms with Crippen LogP contribution in [0.1, 0.15) is 51.5 Å². The van der Waals surface area contributed by atoms with Crippen LogP contribution in [0.2, 0.25) is 0 Å². The third-order valence-corrected chi connectivity index (χ3v) is 13.4. The molecule has 0 radical (unpaired) electrons. The minimum atomic E-state index is -3.35. The summed E-state index contributed by atoms with van der Waals surface area (Å²) in [7, 11) is -3.35. The van der Waals surface area contributed by atoms with Crippen molar-refractivity contribution in [3.8, 4) is 0 Å². The van der Waals surface area contributed by atoms with Crippen LogP contribution in [0.15, 0.2) is 47.8 Å². The lowest BCUT2D eigenvalue weighted by Gasteiger charge is -2.42. The highest BCUT2D eigenvalue weighted by atomic mass is 32.2. The summed E-state index contributed by atoms with van der Waals surface area (Å²) in [5.41, 5.74) is 0.493. The van der Waals surface area contributed by atoms with E-state index in [0.29, 0.717) is 19.5 Å². The number of carbonyl (C=O) groups excluding carboxylic acids is 2. The second kappa shape index (κ2) is 14.9. The molecule has 2 saturated heterocycles. The molecule has 3 aromatic rings. The fourth-order valence-corrected chi connectivity index (χ4v) is 11.2. The van der Waals surface area contributed by atoms with E-state index in [1.54, 1.807) is 22.7 Å². The number of benzene rings is 1. The van der Waals surface area contributed by atoms with Gasteiger partial charge in [0.05, 0.1) is 17.9 Å². The summed E-state index contributed by atoms with van der Waals surface area (Å²) < 4.78 is 33.5. The highest BCUT2D eigenvalue weighted by molar-refractivity contribution is 7.92. The van der Waals surface area contributed by atoms with Gasteiger partial charge in [-0.15, -0.1) is 22.7 Å². The van der Waals surface area contributed by atoms with Crippen LogP contribution in [0.4, 0.5) is 4.79 Å². The number of carbonyl (C=O) groups is 2. The van der Waals surface area contributed by atoms with Crippen LogP contribution in [0, 0.1) is 5.92 Å². The van der Waals surface area contributed by atoms with E-state index in [1.165, 1.54) is 14.3 Å². The molecule has 2 aromatic heterocycles. The number of amides is 2. The third kappa shape index (κ3) is 9.33. The van der Waals surface area contributed by atoms with Gasteiger partial charge in [0.1, 0.15) is 17.4 Å². The van der Waals surface area contributed by atoms with Crippen LogP contribution in [0.3, 0.4) is 0 Å². The third-order valence-electron chi connectivity index (χ3n) is 8.82. The Balaban J connectivity index is 1.30. The van der Waals surface area contributed by atoms with E-state index >= 15 is 0 Å². The smallest absolute Gasteiger partial charge is 0.407 e. The van der Waals surface area contributed by atoms with Crippen molar-refractivity contribution in [2.45, 2.75) is 89.1 Å². The highest BCUT2D eigenvalue weighted by Gasteiger charge is 2.45. The van der Waals surface area contributed by atoms with E-state index in [4.69, 9.17) is 4.74 Å². The number of aliphatic hydroxyl groups excluding tert-OH is 1. The molecule has 47 heavy (non-hydrogen) atoms. The number of aliphatic hydroxyl groups is 1. The van der Waals surface area contributed by atoms with Crippen molar-refractivity contribution >= 4 is 53.9 Å². The molecule has 0 aliphatic carbocycles. The number of sulfone groups is 1. The average molecular weight is 705 g/mol. The molecule has 2 fully saturated rings. The maximum Gasteiger partial charge on any atom is 0.407 e. The first-order valence-corrected chi connectivity index (χ1v) is 19.7. The lowest BCUT2D eigenvalue weighted by atomic mass is 9.99. The van der Waals surface area contributed by atoms with Gasteiger partial charge in [-0.1, -0.05) is 44.2 Å². The molecular formula is C34H48N4O6S3. The molecule has 0 saturated carbocycles. The molecule has 5 atom stereocenters. The molecule has 0 spiro atoms. The number of nitrogens with zero attached hydrogens (tertiary/aromatic N) is 2. The van der Waals surface area contributed by atoms with Crippen LogP contribution in [-0.4, -0.2) is 102 Å². The molecule has 0 unspecified atom stereocenters. The van der Waals surface area contributed by atoms with Crippen LogP contribution >= 0.6 is 22.7 Å². The zero-order valence-electron chi connectivity index (χ0n) is 27.8. The first-order valence-electron chi connectivity index (χ1n) is 16.3. The summed E-state index contributed by atoms with van der Waals surface area (Å²) in [6.45, 7) is 12.2. The Morgan fingerprint density at radius 3 is 2.53 bits per heavy atom. The first-order chi connectivity index (χ1) is 22.2. The molecular weight excluding hydrogens is 657 g/mol. The second-order valence-electron chi connectivity index (χ2n) is 14.2. The van der Waals surface area contributed by atoms with Gasteiger partial charge < -0.3 is 20.5 Å². The average Bonchev–Trinajstić information content (AvgIpc) is 3.66. The van der Waals surface area contributed by atoms with Crippen LogP contribution in [0.5, 0.6) is 0 Å².